The number of aliphatic hydroxyl groups is 1. The van der Waals surface area contributed by atoms with Crippen molar-refractivity contribution in [3.63, 3.8) is 0 Å². The van der Waals surface area contributed by atoms with Gasteiger partial charge in [0, 0.05) is 17.5 Å². The van der Waals surface area contributed by atoms with Crippen LogP contribution >= 0.6 is 0 Å². The lowest BCUT2D eigenvalue weighted by molar-refractivity contribution is -0.136. The van der Waals surface area contributed by atoms with E-state index >= 15 is 0 Å². The lowest BCUT2D eigenvalue weighted by Crippen LogP contribution is -2.45. The average molecular weight is 384 g/mol. The molecular formula is C19H23F3N2O3. The van der Waals surface area contributed by atoms with E-state index in [9.17, 15) is 23.1 Å². The Hall–Kier alpha value is -2.09. The first kappa shape index (κ1) is 19.7. The molecule has 0 amide bonds. The number of rotatable bonds is 5. The smallest absolute Gasteiger partial charge is 0.417 e. The SMILES string of the molecule is CC(C)CCOc1cnc2c(c1)c(C(F)(F)F)cc(=O)n2[C@H]1C[C@](C)(O)C1. The van der Waals surface area contributed by atoms with E-state index < -0.39 is 22.9 Å². The fraction of sp³-hybridized carbons (Fsp3) is 0.579. The summed E-state index contributed by atoms with van der Waals surface area (Å²) in [5.41, 5.74) is -2.74. The van der Waals surface area contributed by atoms with Crippen LogP contribution in [0.3, 0.4) is 0 Å². The zero-order valence-corrected chi connectivity index (χ0v) is 15.5. The highest BCUT2D eigenvalue weighted by molar-refractivity contribution is 5.81. The molecule has 8 heteroatoms. The summed E-state index contributed by atoms with van der Waals surface area (Å²) in [5.74, 6) is 0.639. The van der Waals surface area contributed by atoms with E-state index in [0.29, 0.717) is 31.4 Å². The first-order valence-corrected chi connectivity index (χ1v) is 8.95. The van der Waals surface area contributed by atoms with Crippen LogP contribution in [0.1, 0.15) is 51.6 Å². The summed E-state index contributed by atoms with van der Waals surface area (Å²) in [5, 5.41) is 9.77. The van der Waals surface area contributed by atoms with Crippen molar-refractivity contribution in [2.24, 2.45) is 5.92 Å². The second-order valence-corrected chi connectivity index (χ2v) is 7.90. The summed E-state index contributed by atoms with van der Waals surface area (Å²) in [7, 11) is 0. The lowest BCUT2D eigenvalue weighted by Gasteiger charge is -2.42. The molecule has 1 aliphatic carbocycles. The number of aromatic nitrogens is 2. The third-order valence-corrected chi connectivity index (χ3v) is 4.85. The number of hydrogen-bond donors (Lipinski definition) is 1. The average Bonchev–Trinajstić information content (AvgIpc) is 2.51. The molecule has 2 aromatic rings. The van der Waals surface area contributed by atoms with Gasteiger partial charge < -0.3 is 9.84 Å². The quantitative estimate of drug-likeness (QED) is 0.849. The lowest BCUT2D eigenvalue weighted by atomic mass is 9.77. The van der Waals surface area contributed by atoms with Gasteiger partial charge in [0.2, 0.25) is 0 Å². The summed E-state index contributed by atoms with van der Waals surface area (Å²) in [6, 6.07) is 1.52. The van der Waals surface area contributed by atoms with Crippen molar-refractivity contribution in [3.05, 3.63) is 34.2 Å². The van der Waals surface area contributed by atoms with Crippen molar-refractivity contribution in [1.82, 2.24) is 9.55 Å². The summed E-state index contributed by atoms with van der Waals surface area (Å²) in [6.45, 7) is 6.05. The van der Waals surface area contributed by atoms with Crippen LogP contribution in [0.25, 0.3) is 11.0 Å². The Kier molecular flexibility index (Phi) is 4.96. The third-order valence-electron chi connectivity index (χ3n) is 4.85. The summed E-state index contributed by atoms with van der Waals surface area (Å²) in [6.07, 6.45) is -1.99. The van der Waals surface area contributed by atoms with Crippen molar-refractivity contribution in [2.75, 3.05) is 6.61 Å². The van der Waals surface area contributed by atoms with E-state index in [2.05, 4.69) is 4.98 Å². The molecule has 1 saturated carbocycles. The normalized spacial score (nSPS) is 22.9. The minimum atomic E-state index is -4.68. The number of nitrogens with zero attached hydrogens (tertiary/aromatic N) is 2. The molecule has 3 rings (SSSR count). The molecule has 1 fully saturated rings. The molecule has 1 aliphatic rings. The van der Waals surface area contributed by atoms with E-state index in [1.165, 1.54) is 16.8 Å². The minimum absolute atomic E-state index is 0.0356. The topological polar surface area (TPSA) is 64.3 Å². The zero-order valence-electron chi connectivity index (χ0n) is 15.5. The van der Waals surface area contributed by atoms with E-state index in [1.807, 2.05) is 13.8 Å². The Balaban J connectivity index is 2.07. The maximum Gasteiger partial charge on any atom is 0.417 e. The van der Waals surface area contributed by atoms with Gasteiger partial charge in [-0.15, -0.1) is 0 Å². The molecule has 0 aliphatic heterocycles. The number of pyridine rings is 2. The van der Waals surface area contributed by atoms with E-state index in [1.54, 1.807) is 6.92 Å². The second-order valence-electron chi connectivity index (χ2n) is 7.90. The largest absolute Gasteiger partial charge is 0.492 e. The second kappa shape index (κ2) is 6.82. The molecule has 1 N–H and O–H groups in total. The van der Waals surface area contributed by atoms with Crippen molar-refractivity contribution < 1.29 is 23.0 Å². The van der Waals surface area contributed by atoms with Gasteiger partial charge in [-0.25, -0.2) is 4.98 Å². The van der Waals surface area contributed by atoms with Crippen LogP contribution in [-0.2, 0) is 6.18 Å². The highest BCUT2D eigenvalue weighted by Crippen LogP contribution is 2.42. The van der Waals surface area contributed by atoms with Crippen LogP contribution in [0.2, 0.25) is 0 Å². The molecular weight excluding hydrogens is 361 g/mol. The Morgan fingerprint density at radius 3 is 2.59 bits per heavy atom. The van der Waals surface area contributed by atoms with Gasteiger partial charge in [0.25, 0.3) is 5.56 Å². The van der Waals surface area contributed by atoms with Gasteiger partial charge in [-0.2, -0.15) is 13.2 Å². The number of ether oxygens (including phenoxy) is 1. The Bertz CT molecular complexity index is 895. The molecule has 0 aromatic carbocycles. The van der Waals surface area contributed by atoms with Crippen LogP contribution in [0.4, 0.5) is 13.2 Å². The zero-order chi connectivity index (χ0) is 20.0. The van der Waals surface area contributed by atoms with E-state index in [0.717, 1.165) is 6.42 Å². The van der Waals surface area contributed by atoms with Crippen LogP contribution in [-0.4, -0.2) is 26.9 Å². The van der Waals surface area contributed by atoms with E-state index in [4.69, 9.17) is 4.74 Å². The minimum Gasteiger partial charge on any atom is -0.492 e. The van der Waals surface area contributed by atoms with Crippen molar-refractivity contribution >= 4 is 11.0 Å². The summed E-state index contributed by atoms with van der Waals surface area (Å²) in [4.78, 5) is 16.5. The first-order chi connectivity index (χ1) is 12.5. The molecule has 2 heterocycles. The van der Waals surface area contributed by atoms with Gasteiger partial charge in [0.1, 0.15) is 11.4 Å². The maximum atomic E-state index is 13.5. The molecule has 0 saturated heterocycles. The van der Waals surface area contributed by atoms with Crippen LogP contribution < -0.4 is 10.3 Å². The molecule has 0 unspecified atom stereocenters. The number of alkyl halides is 3. The highest BCUT2D eigenvalue weighted by Gasteiger charge is 2.42. The molecule has 148 valence electrons. The molecule has 0 spiro atoms. The van der Waals surface area contributed by atoms with Crippen LogP contribution in [0.15, 0.2) is 23.1 Å². The first-order valence-electron chi connectivity index (χ1n) is 8.95. The fourth-order valence-corrected chi connectivity index (χ4v) is 3.42. The molecule has 0 radical (unpaired) electrons. The van der Waals surface area contributed by atoms with Gasteiger partial charge in [0.05, 0.1) is 24.0 Å². The Labute approximate surface area is 154 Å². The maximum absolute atomic E-state index is 13.5. The standard InChI is InChI=1S/C19H23F3N2O3/c1-11(2)4-5-27-13-6-14-15(19(20,21)22)7-16(25)24(17(14)23-10-13)12-8-18(3,26)9-12/h6-7,10-12,26H,4-5,8-9H2,1-3H3/t12-,18-. The number of halogens is 3. The molecule has 2 aromatic heterocycles. The van der Waals surface area contributed by atoms with E-state index in [-0.39, 0.29) is 22.8 Å². The monoisotopic (exact) mass is 384 g/mol. The Morgan fingerprint density at radius 1 is 1.37 bits per heavy atom. The molecule has 27 heavy (non-hydrogen) atoms. The van der Waals surface area contributed by atoms with Crippen molar-refractivity contribution in [1.29, 1.82) is 0 Å². The van der Waals surface area contributed by atoms with Crippen LogP contribution in [0.5, 0.6) is 5.75 Å². The predicted octanol–water partition coefficient (Wildman–Crippen LogP) is 3.93. The number of fused-ring (bicyclic) bond motifs is 1. The van der Waals surface area contributed by atoms with Crippen molar-refractivity contribution in [3.8, 4) is 5.75 Å². The van der Waals surface area contributed by atoms with Gasteiger partial charge in [-0.1, -0.05) is 13.8 Å². The van der Waals surface area contributed by atoms with Gasteiger partial charge >= 0.3 is 6.18 Å². The van der Waals surface area contributed by atoms with Gasteiger partial charge in [-0.05, 0) is 38.2 Å². The van der Waals surface area contributed by atoms with Crippen LogP contribution in [0, 0.1) is 5.92 Å². The molecule has 0 bridgehead atoms. The fourth-order valence-electron chi connectivity index (χ4n) is 3.42. The predicted molar refractivity (Wildman–Crippen MR) is 94.8 cm³/mol. The van der Waals surface area contributed by atoms with Gasteiger partial charge in [0.15, 0.2) is 0 Å². The molecule has 0 atom stereocenters. The summed E-state index contributed by atoms with van der Waals surface area (Å²) >= 11 is 0. The van der Waals surface area contributed by atoms with Crippen molar-refractivity contribution in [2.45, 2.75) is 57.9 Å². The number of hydrogen-bond acceptors (Lipinski definition) is 4. The Morgan fingerprint density at radius 2 is 2.04 bits per heavy atom. The highest BCUT2D eigenvalue weighted by atomic mass is 19.4. The van der Waals surface area contributed by atoms with Gasteiger partial charge in [-0.3, -0.25) is 9.36 Å². The third kappa shape index (κ3) is 4.10. The molecule has 5 nitrogen and oxygen atoms in total. The summed E-state index contributed by atoms with van der Waals surface area (Å²) < 4.78 is 47.2.